The summed E-state index contributed by atoms with van der Waals surface area (Å²) in [6, 6.07) is 3.74. The van der Waals surface area contributed by atoms with E-state index in [0.717, 1.165) is 0 Å². The number of hydrogen-bond donors (Lipinski definition) is 1. The Bertz CT molecular complexity index is 800. The van der Waals surface area contributed by atoms with Gasteiger partial charge in [-0.3, -0.25) is 4.79 Å². The van der Waals surface area contributed by atoms with Crippen LogP contribution in [0.2, 0.25) is 0 Å². The minimum atomic E-state index is -3.09. The van der Waals surface area contributed by atoms with Gasteiger partial charge < -0.3 is 19.6 Å². The van der Waals surface area contributed by atoms with Crippen LogP contribution in [0.5, 0.6) is 11.5 Å². The van der Waals surface area contributed by atoms with Crippen LogP contribution < -0.4 is 14.8 Å². The van der Waals surface area contributed by atoms with Gasteiger partial charge in [0, 0.05) is 11.6 Å². The van der Waals surface area contributed by atoms with E-state index in [4.69, 9.17) is 9.57 Å². The molecule has 0 saturated carbocycles. The third kappa shape index (κ3) is 6.35. The standard InChI is InChI=1S/C16H20F2N2O6S/c1-10(15(21)20-12-5-6-27(22,23)9-12)26-19-8-11-3-4-13(25-16(17)18)14(7-11)24-2/h3-4,7-8,10,12,16H,5-6,9H2,1-2H3,(H,20,21)/b19-8+. The van der Waals surface area contributed by atoms with Gasteiger partial charge in [0.05, 0.1) is 24.8 Å². The van der Waals surface area contributed by atoms with Gasteiger partial charge in [-0.25, -0.2) is 8.42 Å². The molecule has 11 heteroatoms. The zero-order valence-corrected chi connectivity index (χ0v) is 15.5. The Morgan fingerprint density at radius 1 is 1.37 bits per heavy atom. The number of carbonyl (C=O) groups excluding carboxylic acids is 1. The van der Waals surface area contributed by atoms with E-state index in [1.807, 2.05) is 0 Å². The SMILES string of the molecule is COc1cc(/C=N/OC(C)C(=O)NC2CCS(=O)(=O)C2)ccc1OC(F)F. The Kier molecular flexibility index (Phi) is 6.94. The minimum Gasteiger partial charge on any atom is -0.493 e. The third-order valence-corrected chi connectivity index (χ3v) is 5.54. The van der Waals surface area contributed by atoms with E-state index in [0.29, 0.717) is 12.0 Å². The summed E-state index contributed by atoms with van der Waals surface area (Å²) in [6.45, 7) is -1.51. The Labute approximate surface area is 155 Å². The zero-order chi connectivity index (χ0) is 20.0. The molecule has 2 rings (SSSR count). The van der Waals surface area contributed by atoms with Gasteiger partial charge in [-0.05, 0) is 31.5 Å². The summed E-state index contributed by atoms with van der Waals surface area (Å²) in [6.07, 6.45) is 0.711. The highest BCUT2D eigenvalue weighted by molar-refractivity contribution is 7.91. The number of alkyl halides is 2. The number of benzene rings is 1. The van der Waals surface area contributed by atoms with E-state index >= 15 is 0 Å². The smallest absolute Gasteiger partial charge is 0.387 e. The Hall–Kier alpha value is -2.43. The minimum absolute atomic E-state index is 0.0540. The normalized spacial score (nSPS) is 19.8. The molecule has 1 aliphatic rings. The highest BCUT2D eigenvalue weighted by Gasteiger charge is 2.30. The van der Waals surface area contributed by atoms with Crippen molar-refractivity contribution in [3.05, 3.63) is 23.8 Å². The van der Waals surface area contributed by atoms with Crippen LogP contribution in [-0.4, -0.2) is 57.9 Å². The molecule has 1 heterocycles. The molecule has 0 spiro atoms. The maximum atomic E-state index is 12.3. The van der Waals surface area contributed by atoms with Gasteiger partial charge in [0.15, 0.2) is 21.3 Å². The number of methoxy groups -OCH3 is 1. The first-order valence-corrected chi connectivity index (χ1v) is 9.85. The van der Waals surface area contributed by atoms with Crippen LogP contribution in [0.1, 0.15) is 18.9 Å². The largest absolute Gasteiger partial charge is 0.493 e. The first-order valence-electron chi connectivity index (χ1n) is 8.03. The molecule has 0 aliphatic carbocycles. The number of rotatable bonds is 8. The highest BCUT2D eigenvalue weighted by Crippen LogP contribution is 2.28. The van der Waals surface area contributed by atoms with Gasteiger partial charge in [-0.15, -0.1) is 0 Å². The van der Waals surface area contributed by atoms with Crippen molar-refractivity contribution in [1.29, 1.82) is 0 Å². The second kappa shape index (κ2) is 8.98. The van der Waals surface area contributed by atoms with E-state index < -0.39 is 34.5 Å². The van der Waals surface area contributed by atoms with Crippen LogP contribution in [0.4, 0.5) is 8.78 Å². The molecule has 1 aromatic carbocycles. The van der Waals surface area contributed by atoms with E-state index in [1.165, 1.54) is 38.4 Å². The molecule has 0 bridgehead atoms. The first kappa shape index (κ1) is 20.9. The summed E-state index contributed by atoms with van der Waals surface area (Å²) >= 11 is 0. The van der Waals surface area contributed by atoms with Crippen molar-refractivity contribution in [3.8, 4) is 11.5 Å². The Morgan fingerprint density at radius 3 is 2.70 bits per heavy atom. The van der Waals surface area contributed by atoms with Crippen molar-refractivity contribution in [2.45, 2.75) is 32.1 Å². The van der Waals surface area contributed by atoms with Crippen LogP contribution in [0.15, 0.2) is 23.4 Å². The molecule has 1 aliphatic heterocycles. The lowest BCUT2D eigenvalue weighted by Crippen LogP contribution is -2.41. The summed E-state index contributed by atoms with van der Waals surface area (Å²) in [7, 11) is -1.79. The van der Waals surface area contributed by atoms with Crippen LogP contribution >= 0.6 is 0 Å². The summed E-state index contributed by atoms with van der Waals surface area (Å²) in [5, 5.41) is 6.29. The molecule has 2 atom stereocenters. The second-order valence-electron chi connectivity index (χ2n) is 5.88. The number of nitrogens with zero attached hydrogens (tertiary/aromatic N) is 1. The van der Waals surface area contributed by atoms with Gasteiger partial charge in [0.1, 0.15) is 0 Å². The van der Waals surface area contributed by atoms with Gasteiger partial charge in [-0.2, -0.15) is 8.78 Å². The fraction of sp³-hybridized carbons (Fsp3) is 0.500. The number of amides is 1. The topological polar surface area (TPSA) is 103 Å². The fourth-order valence-electron chi connectivity index (χ4n) is 2.42. The van der Waals surface area contributed by atoms with Crippen molar-refractivity contribution in [1.82, 2.24) is 5.32 Å². The molecule has 8 nitrogen and oxygen atoms in total. The lowest BCUT2D eigenvalue weighted by Gasteiger charge is -2.14. The molecule has 1 fully saturated rings. The van der Waals surface area contributed by atoms with Gasteiger partial charge in [-0.1, -0.05) is 5.16 Å². The Morgan fingerprint density at radius 2 is 2.11 bits per heavy atom. The monoisotopic (exact) mass is 406 g/mol. The number of nitrogens with one attached hydrogen (secondary N) is 1. The molecule has 1 aromatic rings. The molecular weight excluding hydrogens is 386 g/mol. The molecule has 150 valence electrons. The molecule has 1 saturated heterocycles. The second-order valence-corrected chi connectivity index (χ2v) is 8.11. The van der Waals surface area contributed by atoms with Gasteiger partial charge in [0.25, 0.3) is 5.91 Å². The van der Waals surface area contributed by atoms with Crippen molar-refractivity contribution in [2.75, 3.05) is 18.6 Å². The first-order chi connectivity index (χ1) is 12.7. The average molecular weight is 406 g/mol. The maximum Gasteiger partial charge on any atom is 0.387 e. The molecule has 1 amide bonds. The lowest BCUT2D eigenvalue weighted by molar-refractivity contribution is -0.132. The van der Waals surface area contributed by atoms with E-state index in [1.54, 1.807) is 0 Å². The highest BCUT2D eigenvalue weighted by atomic mass is 32.2. The Balaban J connectivity index is 1.89. The van der Waals surface area contributed by atoms with Crippen LogP contribution in [0.3, 0.4) is 0 Å². The number of hydrogen-bond acceptors (Lipinski definition) is 7. The number of sulfone groups is 1. The summed E-state index contributed by atoms with van der Waals surface area (Å²) in [5.41, 5.74) is 0.475. The predicted octanol–water partition coefficient (Wildman–Crippen LogP) is 1.34. The number of oxime groups is 1. The number of ether oxygens (including phenoxy) is 2. The van der Waals surface area contributed by atoms with Crippen molar-refractivity contribution < 1.29 is 36.3 Å². The third-order valence-electron chi connectivity index (χ3n) is 3.77. The lowest BCUT2D eigenvalue weighted by atomic mass is 10.2. The molecule has 2 unspecified atom stereocenters. The van der Waals surface area contributed by atoms with Gasteiger partial charge >= 0.3 is 6.61 Å². The summed E-state index contributed by atoms with van der Waals surface area (Å²) in [5.74, 6) is -0.537. The van der Waals surface area contributed by atoms with E-state index in [-0.39, 0.29) is 23.0 Å². The van der Waals surface area contributed by atoms with Crippen molar-refractivity contribution in [2.24, 2.45) is 5.16 Å². The van der Waals surface area contributed by atoms with Crippen LogP contribution in [-0.2, 0) is 19.5 Å². The molecule has 0 aromatic heterocycles. The molecular formula is C16H20F2N2O6S. The predicted molar refractivity (Wildman–Crippen MR) is 93.0 cm³/mol. The zero-order valence-electron chi connectivity index (χ0n) is 14.7. The van der Waals surface area contributed by atoms with Crippen LogP contribution in [0, 0.1) is 0 Å². The summed E-state index contributed by atoms with van der Waals surface area (Å²) in [4.78, 5) is 17.0. The summed E-state index contributed by atoms with van der Waals surface area (Å²) < 4.78 is 56.7. The average Bonchev–Trinajstić information content (AvgIpc) is 2.93. The quantitative estimate of drug-likeness (QED) is 0.516. The van der Waals surface area contributed by atoms with E-state index in [2.05, 4.69) is 15.2 Å². The molecule has 27 heavy (non-hydrogen) atoms. The van der Waals surface area contributed by atoms with Crippen molar-refractivity contribution >= 4 is 22.0 Å². The number of halogens is 2. The van der Waals surface area contributed by atoms with Crippen molar-refractivity contribution in [3.63, 3.8) is 0 Å². The molecule has 1 N–H and O–H groups in total. The molecule has 0 radical (unpaired) electrons. The van der Waals surface area contributed by atoms with Crippen LogP contribution in [0.25, 0.3) is 0 Å². The van der Waals surface area contributed by atoms with Gasteiger partial charge in [0.2, 0.25) is 6.10 Å². The van der Waals surface area contributed by atoms with E-state index in [9.17, 15) is 22.0 Å². The maximum absolute atomic E-state index is 12.3. The fourth-order valence-corrected chi connectivity index (χ4v) is 4.09. The number of carbonyl (C=O) groups is 1.